The Morgan fingerprint density at radius 2 is 2.00 bits per heavy atom. The van der Waals surface area contributed by atoms with E-state index in [2.05, 4.69) is 9.97 Å². The number of methoxy groups -OCH3 is 1. The molecule has 0 atom stereocenters. The van der Waals surface area contributed by atoms with Crippen molar-refractivity contribution < 1.29 is 13.9 Å². The summed E-state index contributed by atoms with van der Waals surface area (Å²) in [6.07, 6.45) is 1.42. The molecule has 0 saturated carbocycles. The van der Waals surface area contributed by atoms with Gasteiger partial charge in [0.25, 0.3) is 5.56 Å². The molecule has 1 aromatic carbocycles. The zero-order valence-corrected chi connectivity index (χ0v) is 19.1. The maximum atomic E-state index is 13.3. The molecule has 0 radical (unpaired) electrons. The van der Waals surface area contributed by atoms with Gasteiger partial charge in [-0.1, -0.05) is 31.5 Å². The first kappa shape index (κ1) is 24.0. The minimum absolute atomic E-state index is 0.0523. The van der Waals surface area contributed by atoms with Crippen LogP contribution < -0.4 is 21.9 Å². The molecule has 0 saturated heterocycles. The first-order chi connectivity index (χ1) is 15.9. The molecule has 10 heteroatoms. The van der Waals surface area contributed by atoms with Gasteiger partial charge in [-0.05, 0) is 25.5 Å². The van der Waals surface area contributed by atoms with E-state index in [-0.39, 0.29) is 31.1 Å². The first-order valence-electron chi connectivity index (χ1n) is 10.8. The topological polar surface area (TPSA) is 136 Å². The molecule has 3 N–H and O–H groups in total. The number of rotatable bonds is 10. The predicted octanol–water partition coefficient (Wildman–Crippen LogP) is 2.10. The number of nitrogens with two attached hydrogens (primary N) is 1. The fraction of sp³-hybridized carbons (Fsp3) is 0.391. The van der Waals surface area contributed by atoms with Gasteiger partial charge >= 0.3 is 5.69 Å². The standard InChI is InChI=1S/C23H29N5O5/c1-4-5-11-28-20(24)19(21(30)26-23(28)31)27(12-13-32-3)18(29)14-17-15(2)33-22(25-17)16-9-7-6-8-10-16/h6-10H,4-5,11-14,24H2,1-3H3,(H,26,30,31). The van der Waals surface area contributed by atoms with Crippen molar-refractivity contribution >= 4 is 17.4 Å². The Morgan fingerprint density at radius 3 is 2.67 bits per heavy atom. The van der Waals surface area contributed by atoms with Gasteiger partial charge < -0.3 is 19.8 Å². The summed E-state index contributed by atoms with van der Waals surface area (Å²) in [5.74, 6) is 0.443. The number of nitrogen functional groups attached to an aromatic ring is 1. The van der Waals surface area contributed by atoms with Crippen LogP contribution in [0, 0.1) is 6.92 Å². The van der Waals surface area contributed by atoms with Crippen molar-refractivity contribution in [2.75, 3.05) is 30.9 Å². The summed E-state index contributed by atoms with van der Waals surface area (Å²) in [7, 11) is 1.49. The lowest BCUT2D eigenvalue weighted by molar-refractivity contribution is -0.118. The fourth-order valence-corrected chi connectivity index (χ4v) is 3.46. The molecule has 0 spiro atoms. The van der Waals surface area contributed by atoms with E-state index in [0.29, 0.717) is 30.3 Å². The summed E-state index contributed by atoms with van der Waals surface area (Å²) in [6.45, 7) is 4.29. The minimum Gasteiger partial charge on any atom is -0.441 e. The number of aryl methyl sites for hydroxylation is 1. The second-order valence-electron chi connectivity index (χ2n) is 7.60. The van der Waals surface area contributed by atoms with E-state index in [0.717, 1.165) is 12.0 Å². The molecule has 2 heterocycles. The predicted molar refractivity (Wildman–Crippen MR) is 125 cm³/mol. The zero-order chi connectivity index (χ0) is 24.0. The van der Waals surface area contributed by atoms with E-state index in [1.165, 1.54) is 16.6 Å². The molecule has 3 aromatic rings. The molecule has 0 aliphatic carbocycles. The molecule has 176 valence electrons. The average molecular weight is 456 g/mol. The van der Waals surface area contributed by atoms with E-state index in [1.807, 2.05) is 37.3 Å². The number of anilines is 2. The van der Waals surface area contributed by atoms with Gasteiger partial charge in [-0.2, -0.15) is 0 Å². The van der Waals surface area contributed by atoms with Crippen LogP contribution in [0.4, 0.5) is 11.5 Å². The number of benzene rings is 1. The van der Waals surface area contributed by atoms with Crippen molar-refractivity contribution in [3.05, 3.63) is 62.6 Å². The Hall–Kier alpha value is -3.66. The number of H-pyrrole nitrogens is 1. The highest BCUT2D eigenvalue weighted by molar-refractivity contribution is 5.96. The summed E-state index contributed by atoms with van der Waals surface area (Å²) >= 11 is 0. The molecule has 0 bridgehead atoms. The Labute approximate surface area is 191 Å². The second kappa shape index (κ2) is 10.8. The maximum Gasteiger partial charge on any atom is 0.330 e. The average Bonchev–Trinajstić information content (AvgIpc) is 3.16. The largest absolute Gasteiger partial charge is 0.441 e. The van der Waals surface area contributed by atoms with Gasteiger partial charge in [-0.15, -0.1) is 0 Å². The number of ether oxygens (including phenoxy) is 1. The molecule has 1 amide bonds. The summed E-state index contributed by atoms with van der Waals surface area (Å²) in [4.78, 5) is 46.3. The Kier molecular flexibility index (Phi) is 7.83. The Balaban J connectivity index is 1.96. The van der Waals surface area contributed by atoms with E-state index < -0.39 is 17.2 Å². The van der Waals surface area contributed by atoms with E-state index in [1.54, 1.807) is 6.92 Å². The zero-order valence-electron chi connectivity index (χ0n) is 19.1. The molecule has 10 nitrogen and oxygen atoms in total. The molecule has 0 aliphatic rings. The highest BCUT2D eigenvalue weighted by Gasteiger charge is 2.26. The van der Waals surface area contributed by atoms with Gasteiger partial charge in [0.2, 0.25) is 11.8 Å². The molecule has 0 unspecified atom stereocenters. The number of hydrogen-bond donors (Lipinski definition) is 2. The molecule has 33 heavy (non-hydrogen) atoms. The van der Waals surface area contributed by atoms with Gasteiger partial charge in [0.15, 0.2) is 5.69 Å². The summed E-state index contributed by atoms with van der Waals surface area (Å²) < 4.78 is 12.2. The third kappa shape index (κ3) is 5.40. The van der Waals surface area contributed by atoms with Crippen LogP contribution in [-0.2, 0) is 22.5 Å². The van der Waals surface area contributed by atoms with Crippen LogP contribution in [-0.4, -0.2) is 40.7 Å². The monoisotopic (exact) mass is 455 g/mol. The normalized spacial score (nSPS) is 11.0. The number of unbranched alkanes of at least 4 members (excludes halogenated alkanes) is 1. The van der Waals surface area contributed by atoms with Gasteiger partial charge in [-0.3, -0.25) is 19.1 Å². The number of carbonyl (C=O) groups is 1. The van der Waals surface area contributed by atoms with Crippen LogP contribution in [0.3, 0.4) is 0 Å². The van der Waals surface area contributed by atoms with E-state index >= 15 is 0 Å². The number of aromatic amines is 1. The first-order valence-corrected chi connectivity index (χ1v) is 10.8. The van der Waals surface area contributed by atoms with Gasteiger partial charge in [0, 0.05) is 25.8 Å². The van der Waals surface area contributed by atoms with Gasteiger partial charge in [-0.25, -0.2) is 9.78 Å². The molecule has 2 aromatic heterocycles. The van der Waals surface area contributed by atoms with Crippen molar-refractivity contribution in [3.8, 4) is 11.5 Å². The van der Waals surface area contributed by atoms with Crippen LogP contribution in [0.15, 0.2) is 44.3 Å². The number of hydrogen-bond acceptors (Lipinski definition) is 7. The molecule has 0 fully saturated rings. The van der Waals surface area contributed by atoms with Crippen molar-refractivity contribution in [1.82, 2.24) is 14.5 Å². The molecule has 0 aliphatic heterocycles. The lowest BCUT2D eigenvalue weighted by Crippen LogP contribution is -2.43. The second-order valence-corrected chi connectivity index (χ2v) is 7.60. The Bertz CT molecular complexity index is 1210. The molecule has 3 rings (SSSR count). The minimum atomic E-state index is -0.725. The number of oxazole rings is 1. The lowest BCUT2D eigenvalue weighted by atomic mass is 10.2. The van der Waals surface area contributed by atoms with Crippen molar-refractivity contribution in [2.45, 2.75) is 39.7 Å². The summed E-state index contributed by atoms with van der Waals surface area (Å²) in [5, 5.41) is 0. The number of nitrogens with one attached hydrogen (secondary N) is 1. The smallest absolute Gasteiger partial charge is 0.330 e. The van der Waals surface area contributed by atoms with Gasteiger partial charge in [0.05, 0.1) is 18.7 Å². The maximum absolute atomic E-state index is 13.3. The van der Waals surface area contributed by atoms with E-state index in [9.17, 15) is 14.4 Å². The molecular weight excluding hydrogens is 426 g/mol. The van der Waals surface area contributed by atoms with E-state index in [4.69, 9.17) is 14.9 Å². The molecular formula is C23H29N5O5. The van der Waals surface area contributed by atoms with Crippen LogP contribution >= 0.6 is 0 Å². The highest BCUT2D eigenvalue weighted by atomic mass is 16.5. The number of nitrogens with zero attached hydrogens (tertiary/aromatic N) is 3. The highest BCUT2D eigenvalue weighted by Crippen LogP contribution is 2.23. The van der Waals surface area contributed by atoms with Crippen molar-refractivity contribution in [2.24, 2.45) is 0 Å². The summed E-state index contributed by atoms with van der Waals surface area (Å²) in [6, 6.07) is 9.35. The van der Waals surface area contributed by atoms with Crippen LogP contribution in [0.25, 0.3) is 11.5 Å². The SMILES string of the molecule is CCCCn1c(N)c(N(CCOC)C(=O)Cc2nc(-c3ccccc3)oc2C)c(=O)[nH]c1=O. The Morgan fingerprint density at radius 1 is 1.27 bits per heavy atom. The number of amides is 1. The van der Waals surface area contributed by atoms with Crippen molar-refractivity contribution in [3.63, 3.8) is 0 Å². The third-order valence-corrected chi connectivity index (χ3v) is 5.27. The van der Waals surface area contributed by atoms with Crippen LogP contribution in [0.2, 0.25) is 0 Å². The fourth-order valence-electron chi connectivity index (χ4n) is 3.46. The summed E-state index contributed by atoms with van der Waals surface area (Å²) in [5.41, 5.74) is 6.06. The van der Waals surface area contributed by atoms with Crippen LogP contribution in [0.5, 0.6) is 0 Å². The number of carbonyl (C=O) groups excluding carboxylic acids is 1. The lowest BCUT2D eigenvalue weighted by Gasteiger charge is -2.24. The third-order valence-electron chi connectivity index (χ3n) is 5.27. The van der Waals surface area contributed by atoms with Crippen molar-refractivity contribution in [1.29, 1.82) is 0 Å². The van der Waals surface area contributed by atoms with Gasteiger partial charge in [0.1, 0.15) is 11.6 Å². The van der Waals surface area contributed by atoms with Crippen LogP contribution in [0.1, 0.15) is 31.2 Å². The number of aromatic nitrogens is 3. The quantitative estimate of drug-likeness (QED) is 0.478.